The molecule has 3 heterocycles. The summed E-state index contributed by atoms with van der Waals surface area (Å²) >= 11 is 0. The van der Waals surface area contributed by atoms with Crippen molar-refractivity contribution in [2.24, 2.45) is 23.7 Å². The molecule has 7 atom stereocenters. The van der Waals surface area contributed by atoms with E-state index in [1.54, 1.807) is 0 Å². The third-order valence-corrected chi connectivity index (χ3v) is 8.01. The van der Waals surface area contributed by atoms with Crippen LogP contribution in [0.5, 0.6) is 0 Å². The zero-order chi connectivity index (χ0) is 21.3. The Kier molecular flexibility index (Phi) is 4.37. The number of nitrogens with one attached hydrogen (secondary N) is 2. The lowest BCUT2D eigenvalue weighted by Gasteiger charge is -2.40. The van der Waals surface area contributed by atoms with Gasteiger partial charge in [-0.2, -0.15) is 0 Å². The van der Waals surface area contributed by atoms with Crippen LogP contribution in [0.1, 0.15) is 42.9 Å². The van der Waals surface area contributed by atoms with E-state index in [4.69, 9.17) is 4.74 Å². The number of hydrogen-bond acceptors (Lipinski definition) is 6. The van der Waals surface area contributed by atoms with Crippen molar-refractivity contribution in [2.75, 3.05) is 18.5 Å². The summed E-state index contributed by atoms with van der Waals surface area (Å²) in [7, 11) is 0. The van der Waals surface area contributed by atoms with Gasteiger partial charge < -0.3 is 20.5 Å². The first-order valence-electron chi connectivity index (χ1n) is 11.3. The van der Waals surface area contributed by atoms with Crippen LogP contribution in [0.2, 0.25) is 0 Å². The monoisotopic (exact) mass is 425 g/mol. The molecule has 5 aliphatic rings. The van der Waals surface area contributed by atoms with E-state index in [1.165, 1.54) is 4.90 Å². The number of fused-ring (bicyclic) bond motifs is 9. The van der Waals surface area contributed by atoms with Gasteiger partial charge in [0.1, 0.15) is 6.54 Å². The smallest absolute Gasteiger partial charge is 0.240 e. The Bertz CT molecular complexity index is 937. The van der Waals surface area contributed by atoms with Crippen molar-refractivity contribution in [3.63, 3.8) is 0 Å². The highest BCUT2D eigenvalue weighted by molar-refractivity contribution is 6.08. The number of anilines is 1. The second kappa shape index (κ2) is 7.03. The molecule has 3 N–H and O–H groups in total. The lowest BCUT2D eigenvalue weighted by Crippen LogP contribution is -2.46. The minimum atomic E-state index is -0.505. The minimum absolute atomic E-state index is 0.00191. The molecule has 164 valence electrons. The van der Waals surface area contributed by atoms with Gasteiger partial charge in [-0.05, 0) is 48.8 Å². The number of ether oxygens (including phenoxy) is 1. The van der Waals surface area contributed by atoms with Crippen molar-refractivity contribution < 1.29 is 24.2 Å². The van der Waals surface area contributed by atoms with Crippen LogP contribution in [0.15, 0.2) is 18.2 Å². The van der Waals surface area contributed by atoms with Crippen LogP contribution in [0, 0.1) is 23.7 Å². The summed E-state index contributed by atoms with van der Waals surface area (Å²) in [5.74, 6) is -0.346. The lowest BCUT2D eigenvalue weighted by molar-refractivity contribution is -0.144. The number of likely N-dealkylation sites (tertiary alicyclic amines) is 1. The molecular formula is C23H27N3O5. The number of imide groups is 1. The minimum Gasteiger partial charge on any atom is -0.389 e. The van der Waals surface area contributed by atoms with E-state index in [0.29, 0.717) is 31.4 Å². The standard InChI is InChI=1S/C23H27N3O5/c27-17-10-31-18-7-16(17)25-15-4-1-11(5-14(15)18)8-24-19(28)9-26-22(29)20-12-2-3-13(6-12)21(20)23(26)30/h1,4-5,12-13,16-18,20-21,25,27H,2-3,6-10H2,(H,24,28)/t12-,13+,16-,17+,18+,20+,21-/m0/s1. The molecule has 0 aromatic heterocycles. The van der Waals surface area contributed by atoms with Crippen LogP contribution in [0.25, 0.3) is 0 Å². The van der Waals surface area contributed by atoms with E-state index in [9.17, 15) is 19.5 Å². The summed E-state index contributed by atoms with van der Waals surface area (Å²) in [5, 5.41) is 16.2. The molecule has 8 heteroatoms. The first-order chi connectivity index (χ1) is 15.0. The molecule has 31 heavy (non-hydrogen) atoms. The molecule has 3 amide bonds. The molecule has 2 aliphatic carbocycles. The van der Waals surface area contributed by atoms with E-state index >= 15 is 0 Å². The molecule has 2 saturated heterocycles. The molecule has 0 radical (unpaired) electrons. The molecule has 1 aromatic rings. The van der Waals surface area contributed by atoms with E-state index in [0.717, 1.165) is 36.1 Å². The molecule has 0 unspecified atom stereocenters. The van der Waals surface area contributed by atoms with Crippen molar-refractivity contribution in [3.05, 3.63) is 29.3 Å². The second-order valence-electron chi connectivity index (χ2n) is 9.72. The lowest BCUT2D eigenvalue weighted by atomic mass is 9.81. The number of aliphatic hydroxyl groups is 1. The van der Waals surface area contributed by atoms with Crippen LogP contribution in [0.4, 0.5) is 5.69 Å². The van der Waals surface area contributed by atoms with Gasteiger partial charge in [0.15, 0.2) is 0 Å². The van der Waals surface area contributed by atoms with E-state index in [2.05, 4.69) is 10.6 Å². The highest BCUT2D eigenvalue weighted by Gasteiger charge is 2.60. The van der Waals surface area contributed by atoms with Crippen molar-refractivity contribution in [1.82, 2.24) is 10.2 Å². The van der Waals surface area contributed by atoms with Gasteiger partial charge in [0.2, 0.25) is 17.7 Å². The molecule has 1 aromatic carbocycles. The third kappa shape index (κ3) is 2.99. The molecule has 6 rings (SSSR count). The van der Waals surface area contributed by atoms with Gasteiger partial charge in [-0.15, -0.1) is 0 Å². The Morgan fingerprint density at radius 3 is 2.65 bits per heavy atom. The Hall–Kier alpha value is -2.45. The van der Waals surface area contributed by atoms with Gasteiger partial charge >= 0.3 is 0 Å². The van der Waals surface area contributed by atoms with E-state index < -0.39 is 6.10 Å². The molecule has 4 bridgehead atoms. The van der Waals surface area contributed by atoms with Gasteiger partial charge in [0.05, 0.1) is 36.7 Å². The van der Waals surface area contributed by atoms with Crippen LogP contribution in [-0.2, 0) is 25.7 Å². The third-order valence-electron chi connectivity index (χ3n) is 8.01. The summed E-state index contributed by atoms with van der Waals surface area (Å²) in [6, 6.07) is 5.88. The van der Waals surface area contributed by atoms with E-state index in [1.807, 2.05) is 18.2 Å². The zero-order valence-electron chi connectivity index (χ0n) is 17.3. The first-order valence-corrected chi connectivity index (χ1v) is 11.3. The summed E-state index contributed by atoms with van der Waals surface area (Å²) < 4.78 is 5.78. The quantitative estimate of drug-likeness (QED) is 0.620. The van der Waals surface area contributed by atoms with Gasteiger partial charge in [-0.3, -0.25) is 19.3 Å². The second-order valence-corrected chi connectivity index (χ2v) is 9.72. The average Bonchev–Trinajstić information content (AvgIpc) is 3.45. The molecule has 4 fully saturated rings. The number of nitrogens with zero attached hydrogens (tertiary/aromatic N) is 1. The highest BCUT2D eigenvalue weighted by atomic mass is 16.5. The predicted octanol–water partition coefficient (Wildman–Crippen LogP) is 0.950. The largest absolute Gasteiger partial charge is 0.389 e. The normalized spacial score (nSPS) is 37.5. The molecule has 2 saturated carbocycles. The zero-order valence-corrected chi connectivity index (χ0v) is 17.3. The number of rotatable bonds is 4. The Morgan fingerprint density at radius 2 is 1.90 bits per heavy atom. The molecule has 3 aliphatic heterocycles. The van der Waals surface area contributed by atoms with Gasteiger partial charge in [-0.1, -0.05) is 6.07 Å². The number of carbonyl (C=O) groups is 3. The molecular weight excluding hydrogens is 398 g/mol. The number of aliphatic hydroxyl groups excluding tert-OH is 1. The maximum Gasteiger partial charge on any atom is 0.240 e. The summed E-state index contributed by atoms with van der Waals surface area (Å²) in [4.78, 5) is 39.3. The summed E-state index contributed by atoms with van der Waals surface area (Å²) in [6.45, 7) is 0.436. The fourth-order valence-electron chi connectivity index (χ4n) is 6.50. The van der Waals surface area contributed by atoms with Crippen molar-refractivity contribution in [1.29, 1.82) is 0 Å². The predicted molar refractivity (Wildman–Crippen MR) is 110 cm³/mol. The Morgan fingerprint density at radius 1 is 1.16 bits per heavy atom. The summed E-state index contributed by atoms with van der Waals surface area (Å²) in [6.07, 6.45) is 3.20. The number of hydrogen-bond donors (Lipinski definition) is 3. The maximum absolute atomic E-state index is 12.8. The highest BCUT2D eigenvalue weighted by Crippen LogP contribution is 2.56. The van der Waals surface area contributed by atoms with E-state index in [-0.39, 0.29) is 48.2 Å². The fraction of sp³-hybridized carbons (Fsp3) is 0.609. The van der Waals surface area contributed by atoms with Crippen molar-refractivity contribution in [3.8, 4) is 0 Å². The Labute approximate surface area is 180 Å². The van der Waals surface area contributed by atoms with Gasteiger partial charge in [0.25, 0.3) is 0 Å². The number of amides is 3. The van der Waals surface area contributed by atoms with Crippen LogP contribution < -0.4 is 10.6 Å². The Balaban J connectivity index is 1.09. The van der Waals surface area contributed by atoms with Gasteiger partial charge in [-0.25, -0.2) is 0 Å². The fourth-order valence-corrected chi connectivity index (χ4v) is 6.50. The van der Waals surface area contributed by atoms with Crippen LogP contribution >= 0.6 is 0 Å². The average molecular weight is 425 g/mol. The van der Waals surface area contributed by atoms with Crippen LogP contribution in [-0.4, -0.2) is 53.0 Å². The first kappa shape index (κ1) is 19.3. The number of carbonyl (C=O) groups excluding carboxylic acids is 3. The molecule has 8 nitrogen and oxygen atoms in total. The SMILES string of the molecule is O=C(CN1C(=O)[C@@H]2[C@H]3CC[C@H](C3)[C@@H]2C1=O)NCc1ccc2c(c1)[C@H]1C[C@H](N2)[C@H](O)CO1. The van der Waals surface area contributed by atoms with Gasteiger partial charge in [0, 0.05) is 24.2 Å². The van der Waals surface area contributed by atoms with Crippen molar-refractivity contribution >= 4 is 23.4 Å². The topological polar surface area (TPSA) is 108 Å². The van der Waals surface area contributed by atoms with Crippen LogP contribution in [0.3, 0.4) is 0 Å². The maximum atomic E-state index is 12.8. The van der Waals surface area contributed by atoms with Crippen molar-refractivity contribution in [2.45, 2.75) is 50.5 Å². The molecule has 0 spiro atoms. The number of benzene rings is 1. The summed E-state index contributed by atoms with van der Waals surface area (Å²) in [5.41, 5.74) is 2.91.